The third-order valence-electron chi connectivity index (χ3n) is 9.68. The number of aryl methyl sites for hydroxylation is 1. The molecule has 2 heterocycles. The predicted octanol–water partition coefficient (Wildman–Crippen LogP) is 8.34. The molecule has 0 aromatic heterocycles. The number of fused-ring (bicyclic) bond motifs is 4. The Labute approximate surface area is 283 Å². The molecular formula is C43H31B2N3. The Balaban J connectivity index is 1.32. The van der Waals surface area contributed by atoms with Gasteiger partial charge in [0.25, 0.3) is 6.71 Å². The third-order valence-corrected chi connectivity index (χ3v) is 9.68. The predicted molar refractivity (Wildman–Crippen MR) is 205 cm³/mol. The van der Waals surface area contributed by atoms with Gasteiger partial charge < -0.3 is 14.7 Å². The topological polar surface area (TPSA) is 9.72 Å². The second-order valence-corrected chi connectivity index (χ2v) is 12.5. The molecule has 0 N–H and O–H groups in total. The minimum atomic E-state index is 0.0693. The van der Waals surface area contributed by atoms with Crippen molar-refractivity contribution in [2.75, 3.05) is 14.7 Å². The summed E-state index contributed by atoms with van der Waals surface area (Å²) < 4.78 is 0. The van der Waals surface area contributed by atoms with Gasteiger partial charge in [-0.1, -0.05) is 103 Å². The number of benzene rings is 7. The summed E-state index contributed by atoms with van der Waals surface area (Å²) in [4.78, 5) is 7.22. The van der Waals surface area contributed by atoms with Gasteiger partial charge in [-0.3, -0.25) is 0 Å². The maximum atomic E-state index is 6.16. The average Bonchev–Trinajstić information content (AvgIpc) is 3.14. The lowest BCUT2D eigenvalue weighted by Gasteiger charge is -2.44. The lowest BCUT2D eigenvalue weighted by molar-refractivity contribution is 1.23. The van der Waals surface area contributed by atoms with Gasteiger partial charge in [-0.25, -0.2) is 0 Å². The number of nitrogens with zero attached hydrogens (tertiary/aromatic N) is 3. The van der Waals surface area contributed by atoms with Crippen LogP contribution in [-0.4, -0.2) is 14.6 Å². The monoisotopic (exact) mass is 611 g/mol. The third kappa shape index (κ3) is 4.46. The summed E-state index contributed by atoms with van der Waals surface area (Å²) in [7, 11) is 6.16. The smallest absolute Gasteiger partial charge is 0.252 e. The Kier molecular flexibility index (Phi) is 6.72. The highest BCUT2D eigenvalue weighted by molar-refractivity contribution is 7.00. The first kappa shape index (κ1) is 28.3. The van der Waals surface area contributed by atoms with E-state index in [4.69, 9.17) is 7.85 Å². The number of anilines is 9. The first-order chi connectivity index (χ1) is 23.7. The van der Waals surface area contributed by atoms with Crippen molar-refractivity contribution in [2.45, 2.75) is 6.92 Å². The fourth-order valence-corrected chi connectivity index (χ4v) is 7.58. The Hall–Kier alpha value is -5.93. The highest BCUT2D eigenvalue weighted by Crippen LogP contribution is 2.45. The van der Waals surface area contributed by atoms with E-state index in [0.717, 1.165) is 33.9 Å². The first-order valence-electron chi connectivity index (χ1n) is 16.4. The number of hydrogen-bond acceptors (Lipinski definition) is 3. The molecule has 0 aliphatic carbocycles. The molecule has 0 unspecified atom stereocenters. The normalized spacial score (nSPS) is 12.6. The molecule has 224 valence electrons. The van der Waals surface area contributed by atoms with Crippen LogP contribution in [0.25, 0.3) is 0 Å². The SMILES string of the molecule is [B]c1ccc(N(c2ccc3c(c2)N(c2ccccc2)c2cccc4c2B3c2ccccc2N4c2ccccc2)c2ccccc2C)cc1. The van der Waals surface area contributed by atoms with Crippen LogP contribution < -0.4 is 36.6 Å². The summed E-state index contributed by atoms with van der Waals surface area (Å²) in [5.74, 6) is 0. The van der Waals surface area contributed by atoms with Crippen LogP contribution in [0.15, 0.2) is 170 Å². The van der Waals surface area contributed by atoms with Gasteiger partial charge >= 0.3 is 0 Å². The van der Waals surface area contributed by atoms with Gasteiger partial charge in [0.05, 0.1) is 0 Å². The van der Waals surface area contributed by atoms with Gasteiger partial charge in [0.1, 0.15) is 7.85 Å². The van der Waals surface area contributed by atoms with Gasteiger partial charge in [0.2, 0.25) is 0 Å². The van der Waals surface area contributed by atoms with E-state index in [1.165, 1.54) is 44.7 Å². The van der Waals surface area contributed by atoms with Crippen LogP contribution in [0, 0.1) is 6.92 Å². The molecule has 0 spiro atoms. The molecule has 7 aromatic rings. The van der Waals surface area contributed by atoms with Crippen molar-refractivity contribution in [3.63, 3.8) is 0 Å². The summed E-state index contributed by atoms with van der Waals surface area (Å²) in [6.45, 7) is 2.24. The van der Waals surface area contributed by atoms with E-state index in [-0.39, 0.29) is 6.71 Å². The average molecular weight is 611 g/mol. The van der Waals surface area contributed by atoms with E-state index in [1.807, 2.05) is 12.1 Å². The number of rotatable bonds is 5. The van der Waals surface area contributed by atoms with E-state index in [1.54, 1.807) is 0 Å². The van der Waals surface area contributed by atoms with Crippen LogP contribution in [0.5, 0.6) is 0 Å². The van der Waals surface area contributed by atoms with E-state index in [2.05, 4.69) is 179 Å². The maximum Gasteiger partial charge on any atom is 0.252 e. The van der Waals surface area contributed by atoms with Crippen molar-refractivity contribution in [3.8, 4) is 0 Å². The molecule has 7 aromatic carbocycles. The molecule has 5 heteroatoms. The molecule has 48 heavy (non-hydrogen) atoms. The second-order valence-electron chi connectivity index (χ2n) is 12.5. The van der Waals surface area contributed by atoms with Crippen molar-refractivity contribution in [1.82, 2.24) is 0 Å². The quantitative estimate of drug-likeness (QED) is 0.181. The summed E-state index contributed by atoms with van der Waals surface area (Å²) in [5.41, 5.74) is 16.2. The maximum absolute atomic E-state index is 6.16. The van der Waals surface area contributed by atoms with Gasteiger partial charge in [-0.15, -0.1) is 0 Å². The van der Waals surface area contributed by atoms with Gasteiger partial charge in [-0.2, -0.15) is 0 Å². The van der Waals surface area contributed by atoms with E-state index in [9.17, 15) is 0 Å². The van der Waals surface area contributed by atoms with Crippen LogP contribution in [0.2, 0.25) is 0 Å². The van der Waals surface area contributed by atoms with E-state index in [0.29, 0.717) is 0 Å². The zero-order chi connectivity index (χ0) is 32.2. The van der Waals surface area contributed by atoms with Crippen LogP contribution in [0.4, 0.5) is 51.2 Å². The molecule has 2 aliphatic rings. The molecule has 0 saturated carbocycles. The van der Waals surface area contributed by atoms with Crippen molar-refractivity contribution >= 4 is 87.6 Å². The minimum Gasteiger partial charge on any atom is -0.311 e. The van der Waals surface area contributed by atoms with E-state index < -0.39 is 0 Å². The standard InChI is InChI=1S/C43H31B2N3/c1-30-13-8-10-19-38(30)46(34-25-23-31(44)24-26-34)35-27-28-37-42(29-35)48(33-16-6-3-7-17-33)41-22-12-21-40-43(41)45(37)36-18-9-11-20-39(36)47(40)32-14-4-2-5-15-32/h2-29H,1H3. The summed E-state index contributed by atoms with van der Waals surface area (Å²) in [5, 5.41) is 0. The van der Waals surface area contributed by atoms with Crippen LogP contribution in [0.1, 0.15) is 5.56 Å². The molecule has 2 radical (unpaired) electrons. The zero-order valence-corrected chi connectivity index (χ0v) is 26.7. The second kappa shape index (κ2) is 11.4. The van der Waals surface area contributed by atoms with Crippen molar-refractivity contribution < 1.29 is 0 Å². The number of hydrogen-bond donors (Lipinski definition) is 0. The van der Waals surface area contributed by atoms with Crippen molar-refractivity contribution in [1.29, 1.82) is 0 Å². The molecule has 0 fully saturated rings. The summed E-state index contributed by atoms with van der Waals surface area (Å²) >= 11 is 0. The molecule has 3 nitrogen and oxygen atoms in total. The Morgan fingerprint density at radius 2 is 1.02 bits per heavy atom. The molecule has 0 atom stereocenters. The molecule has 9 rings (SSSR count). The van der Waals surface area contributed by atoms with Crippen LogP contribution in [-0.2, 0) is 0 Å². The number of para-hydroxylation sites is 4. The Morgan fingerprint density at radius 3 is 1.71 bits per heavy atom. The molecular weight excluding hydrogens is 580 g/mol. The van der Waals surface area contributed by atoms with Gasteiger partial charge in [0, 0.05) is 51.2 Å². The van der Waals surface area contributed by atoms with Gasteiger partial charge in [-0.05, 0) is 102 Å². The van der Waals surface area contributed by atoms with Crippen LogP contribution >= 0.6 is 0 Å². The summed E-state index contributed by atoms with van der Waals surface area (Å²) in [6.07, 6.45) is 0. The summed E-state index contributed by atoms with van der Waals surface area (Å²) in [6, 6.07) is 60.9. The Morgan fingerprint density at radius 1 is 0.479 bits per heavy atom. The van der Waals surface area contributed by atoms with Crippen molar-refractivity contribution in [2.24, 2.45) is 0 Å². The molecule has 0 amide bonds. The molecule has 0 bridgehead atoms. The highest BCUT2D eigenvalue weighted by atomic mass is 15.2. The first-order valence-corrected chi connectivity index (χ1v) is 16.4. The fraction of sp³-hybridized carbons (Fsp3) is 0.0233. The highest BCUT2D eigenvalue weighted by Gasteiger charge is 2.43. The minimum absolute atomic E-state index is 0.0693. The largest absolute Gasteiger partial charge is 0.311 e. The van der Waals surface area contributed by atoms with Gasteiger partial charge in [0.15, 0.2) is 0 Å². The fourth-order valence-electron chi connectivity index (χ4n) is 7.58. The van der Waals surface area contributed by atoms with Crippen molar-refractivity contribution in [3.05, 3.63) is 175 Å². The lowest BCUT2D eigenvalue weighted by atomic mass is 9.33. The molecule has 2 aliphatic heterocycles. The lowest BCUT2D eigenvalue weighted by Crippen LogP contribution is -2.61. The zero-order valence-electron chi connectivity index (χ0n) is 26.7. The molecule has 0 saturated heterocycles. The van der Waals surface area contributed by atoms with Crippen LogP contribution in [0.3, 0.4) is 0 Å². The van der Waals surface area contributed by atoms with E-state index >= 15 is 0 Å². The Bertz CT molecular complexity index is 2290.